The van der Waals surface area contributed by atoms with Crippen LogP contribution in [0.2, 0.25) is 0 Å². The number of halogens is 2. The minimum Gasteiger partial charge on any atom is -0.377 e. The molecule has 1 heterocycles. The van der Waals surface area contributed by atoms with Gasteiger partial charge in [0.25, 0.3) is 5.69 Å². The van der Waals surface area contributed by atoms with E-state index in [2.05, 4.69) is 17.3 Å². The summed E-state index contributed by atoms with van der Waals surface area (Å²) in [5, 5.41) is 13.5. The molecule has 0 radical (unpaired) electrons. The van der Waals surface area contributed by atoms with Gasteiger partial charge in [-0.05, 0) is 51.4 Å². The van der Waals surface area contributed by atoms with Crippen molar-refractivity contribution in [1.82, 2.24) is 4.90 Å². The molecule has 1 saturated heterocycles. The summed E-state index contributed by atoms with van der Waals surface area (Å²) in [6.45, 7) is 2.45. The number of hydrogen-bond donors (Lipinski definition) is 1. The second kappa shape index (κ2) is 6.80. The van der Waals surface area contributed by atoms with Gasteiger partial charge in [-0.3, -0.25) is 10.1 Å². The molecule has 7 heteroatoms. The van der Waals surface area contributed by atoms with Crippen LogP contribution < -0.4 is 5.32 Å². The average molecular weight is 299 g/mol. The molecule has 0 aliphatic carbocycles. The summed E-state index contributed by atoms with van der Waals surface area (Å²) in [5.74, 6) is -1.75. The van der Waals surface area contributed by atoms with Crippen molar-refractivity contribution in [3.05, 3.63) is 33.9 Å². The van der Waals surface area contributed by atoms with Gasteiger partial charge in [0.15, 0.2) is 17.3 Å². The van der Waals surface area contributed by atoms with E-state index in [1.165, 1.54) is 0 Å². The molecule has 2 rings (SSSR count). The Labute approximate surface area is 122 Å². The van der Waals surface area contributed by atoms with Crippen LogP contribution in [-0.4, -0.2) is 36.5 Å². The van der Waals surface area contributed by atoms with Gasteiger partial charge in [-0.25, -0.2) is 8.78 Å². The van der Waals surface area contributed by atoms with Gasteiger partial charge in [0.1, 0.15) is 0 Å². The molecule has 0 atom stereocenters. The van der Waals surface area contributed by atoms with Crippen LogP contribution in [0.3, 0.4) is 0 Å². The Hall–Kier alpha value is -1.76. The number of piperidine rings is 1. The molecule has 0 amide bonds. The fraction of sp³-hybridized carbons (Fsp3) is 0.571. The highest BCUT2D eigenvalue weighted by Gasteiger charge is 2.22. The van der Waals surface area contributed by atoms with E-state index in [1.54, 1.807) is 0 Å². The average Bonchev–Trinajstić information content (AvgIpc) is 2.45. The first-order chi connectivity index (χ1) is 9.99. The predicted octanol–water partition coefficient (Wildman–Crippen LogP) is 3.02. The van der Waals surface area contributed by atoms with Gasteiger partial charge >= 0.3 is 0 Å². The van der Waals surface area contributed by atoms with Crippen LogP contribution >= 0.6 is 0 Å². The Morgan fingerprint density at radius 1 is 1.38 bits per heavy atom. The van der Waals surface area contributed by atoms with Gasteiger partial charge in [-0.1, -0.05) is 0 Å². The Kier molecular flexibility index (Phi) is 5.06. The highest BCUT2D eigenvalue weighted by molar-refractivity contribution is 5.62. The first-order valence-corrected chi connectivity index (χ1v) is 7.04. The number of likely N-dealkylation sites (tertiary alicyclic amines) is 1. The number of benzene rings is 1. The minimum absolute atomic E-state index is 0.354. The number of anilines is 1. The van der Waals surface area contributed by atoms with Gasteiger partial charge in [0, 0.05) is 12.6 Å². The molecule has 1 aromatic carbocycles. The van der Waals surface area contributed by atoms with E-state index in [-0.39, 0.29) is 5.69 Å². The summed E-state index contributed by atoms with van der Waals surface area (Å²) in [6, 6.07) is 1.76. The first-order valence-electron chi connectivity index (χ1n) is 7.04. The van der Waals surface area contributed by atoms with Crippen LogP contribution in [0.5, 0.6) is 0 Å². The first kappa shape index (κ1) is 15.6. The van der Waals surface area contributed by atoms with Gasteiger partial charge in [0.2, 0.25) is 0 Å². The van der Waals surface area contributed by atoms with Gasteiger partial charge < -0.3 is 10.2 Å². The third kappa shape index (κ3) is 3.87. The van der Waals surface area contributed by atoms with Crippen molar-refractivity contribution < 1.29 is 13.7 Å². The molecule has 1 aliphatic rings. The van der Waals surface area contributed by atoms with Crippen LogP contribution in [0.25, 0.3) is 0 Å². The maximum Gasteiger partial charge on any atom is 0.295 e. The lowest BCUT2D eigenvalue weighted by atomic mass is 9.94. The normalized spacial score (nSPS) is 16.9. The highest BCUT2D eigenvalue weighted by atomic mass is 19.2. The third-order valence-electron chi connectivity index (χ3n) is 3.96. The van der Waals surface area contributed by atoms with Crippen molar-refractivity contribution in [2.45, 2.75) is 19.3 Å². The quantitative estimate of drug-likeness (QED) is 0.670. The number of rotatable bonds is 5. The molecule has 116 valence electrons. The molecule has 5 nitrogen and oxygen atoms in total. The maximum atomic E-state index is 13.7. The van der Waals surface area contributed by atoms with Crippen LogP contribution in [0, 0.1) is 27.7 Å². The molecule has 1 fully saturated rings. The topological polar surface area (TPSA) is 58.4 Å². The van der Waals surface area contributed by atoms with Crippen molar-refractivity contribution in [3.8, 4) is 0 Å². The monoisotopic (exact) mass is 299 g/mol. The standard InChI is InChI=1S/C14H19F2N3O2/c1-18-8-5-10(6-9-18)4-7-17-14-12(19(20)21)3-2-11(15)13(14)16/h2-3,10,17H,4-9H2,1H3. The van der Waals surface area contributed by atoms with Crippen LogP contribution in [0.1, 0.15) is 19.3 Å². The Morgan fingerprint density at radius 3 is 2.67 bits per heavy atom. The smallest absolute Gasteiger partial charge is 0.295 e. The zero-order valence-electron chi connectivity index (χ0n) is 11.9. The second-order valence-electron chi connectivity index (χ2n) is 5.47. The van der Waals surface area contributed by atoms with E-state index < -0.39 is 22.2 Å². The lowest BCUT2D eigenvalue weighted by molar-refractivity contribution is -0.384. The summed E-state index contributed by atoms with van der Waals surface area (Å²) in [7, 11) is 2.07. The molecule has 0 spiro atoms. The molecular formula is C14H19F2N3O2. The zero-order chi connectivity index (χ0) is 15.4. The molecule has 21 heavy (non-hydrogen) atoms. The molecule has 1 N–H and O–H groups in total. The Morgan fingerprint density at radius 2 is 2.05 bits per heavy atom. The van der Waals surface area contributed by atoms with E-state index >= 15 is 0 Å². The van der Waals surface area contributed by atoms with E-state index in [0.29, 0.717) is 12.5 Å². The largest absolute Gasteiger partial charge is 0.377 e. The third-order valence-corrected chi connectivity index (χ3v) is 3.96. The van der Waals surface area contributed by atoms with E-state index in [4.69, 9.17) is 0 Å². The van der Waals surface area contributed by atoms with Gasteiger partial charge in [-0.2, -0.15) is 0 Å². The van der Waals surface area contributed by atoms with E-state index in [1.807, 2.05) is 0 Å². The highest BCUT2D eigenvalue weighted by Crippen LogP contribution is 2.29. The summed E-state index contributed by atoms with van der Waals surface area (Å²) in [6.07, 6.45) is 2.92. The minimum atomic E-state index is -1.19. The number of nitro benzene ring substituents is 1. The molecule has 1 aliphatic heterocycles. The lowest BCUT2D eigenvalue weighted by Gasteiger charge is -2.28. The maximum absolute atomic E-state index is 13.7. The van der Waals surface area contributed by atoms with Crippen molar-refractivity contribution in [2.75, 3.05) is 32.0 Å². The number of nitrogens with zero attached hydrogens (tertiary/aromatic N) is 2. The lowest BCUT2D eigenvalue weighted by Crippen LogP contribution is -2.30. The molecular weight excluding hydrogens is 280 g/mol. The predicted molar refractivity (Wildman–Crippen MR) is 76.3 cm³/mol. The van der Waals surface area contributed by atoms with E-state index in [0.717, 1.165) is 44.5 Å². The van der Waals surface area contributed by atoms with Gasteiger partial charge in [0.05, 0.1) is 4.92 Å². The molecule has 0 saturated carbocycles. The van der Waals surface area contributed by atoms with Crippen molar-refractivity contribution >= 4 is 11.4 Å². The summed E-state index contributed by atoms with van der Waals surface area (Å²) >= 11 is 0. The molecule has 0 bridgehead atoms. The summed E-state index contributed by atoms with van der Waals surface area (Å²) < 4.78 is 26.9. The SMILES string of the molecule is CN1CCC(CCNc2c([N+](=O)[O-])ccc(F)c2F)CC1. The second-order valence-corrected chi connectivity index (χ2v) is 5.47. The molecule has 0 unspecified atom stereocenters. The number of nitrogens with one attached hydrogen (secondary N) is 1. The Balaban J connectivity index is 1.96. The Bertz CT molecular complexity index is 517. The van der Waals surface area contributed by atoms with Crippen LogP contribution in [0.4, 0.5) is 20.2 Å². The van der Waals surface area contributed by atoms with Crippen LogP contribution in [0.15, 0.2) is 12.1 Å². The fourth-order valence-corrected chi connectivity index (χ4v) is 2.61. The van der Waals surface area contributed by atoms with Crippen LogP contribution in [-0.2, 0) is 0 Å². The molecule has 0 aromatic heterocycles. The van der Waals surface area contributed by atoms with Crippen molar-refractivity contribution in [2.24, 2.45) is 5.92 Å². The summed E-state index contributed by atoms with van der Waals surface area (Å²) in [4.78, 5) is 12.4. The zero-order valence-corrected chi connectivity index (χ0v) is 11.9. The van der Waals surface area contributed by atoms with E-state index in [9.17, 15) is 18.9 Å². The number of hydrogen-bond acceptors (Lipinski definition) is 4. The molecule has 1 aromatic rings. The van der Waals surface area contributed by atoms with Crippen molar-refractivity contribution in [3.63, 3.8) is 0 Å². The van der Waals surface area contributed by atoms with Crippen molar-refractivity contribution in [1.29, 1.82) is 0 Å². The fourth-order valence-electron chi connectivity index (χ4n) is 2.61. The summed E-state index contributed by atoms with van der Waals surface area (Å²) in [5.41, 5.74) is -0.787. The van der Waals surface area contributed by atoms with Gasteiger partial charge in [-0.15, -0.1) is 0 Å². The number of nitro groups is 1.